The van der Waals surface area contributed by atoms with Crippen LogP contribution in [0.15, 0.2) is 23.3 Å². The van der Waals surface area contributed by atoms with Crippen LogP contribution in [0.5, 0.6) is 0 Å². The Hall–Kier alpha value is -3.86. The molecule has 1 aromatic carbocycles. The van der Waals surface area contributed by atoms with E-state index in [1.54, 1.807) is 0 Å². The van der Waals surface area contributed by atoms with Crippen molar-refractivity contribution in [1.82, 2.24) is 30.5 Å². The Morgan fingerprint density at radius 3 is 2.63 bits per heavy atom. The largest absolute Gasteiger partial charge is 0.382 e. The van der Waals surface area contributed by atoms with Crippen LogP contribution in [0.25, 0.3) is 10.9 Å². The van der Waals surface area contributed by atoms with Crippen molar-refractivity contribution in [2.75, 3.05) is 31.1 Å². The van der Waals surface area contributed by atoms with E-state index in [4.69, 9.17) is 23.1 Å². The number of carbonyl (C=O) groups is 2. The van der Waals surface area contributed by atoms with Crippen LogP contribution in [0.2, 0.25) is 5.15 Å². The lowest BCUT2D eigenvalue weighted by Crippen LogP contribution is -2.56. The molecule has 5 rings (SSSR count). The minimum Gasteiger partial charge on any atom is -0.382 e. The number of likely N-dealkylation sites (tertiary alicyclic amines) is 1. The first kappa shape index (κ1) is 25.8. The van der Waals surface area contributed by atoms with Crippen LogP contribution in [0.4, 0.5) is 11.6 Å². The van der Waals surface area contributed by atoms with Crippen molar-refractivity contribution < 1.29 is 9.59 Å². The summed E-state index contributed by atoms with van der Waals surface area (Å²) in [5.74, 6) is -0.213. The van der Waals surface area contributed by atoms with Gasteiger partial charge in [0.15, 0.2) is 28.4 Å². The molecule has 2 aliphatic rings. The predicted molar refractivity (Wildman–Crippen MR) is 148 cm³/mol. The number of amides is 2. The van der Waals surface area contributed by atoms with E-state index in [9.17, 15) is 9.59 Å². The fourth-order valence-electron chi connectivity index (χ4n) is 5.11. The highest BCUT2D eigenvalue weighted by Gasteiger charge is 2.40. The molecule has 0 bridgehead atoms. The van der Waals surface area contributed by atoms with Crippen molar-refractivity contribution in [3.8, 4) is 0 Å². The number of nitrogens with zero attached hydrogens (tertiary/aromatic N) is 4. The second-order valence-corrected chi connectivity index (χ2v) is 10.5. The molecule has 0 atom stereocenters. The van der Waals surface area contributed by atoms with E-state index >= 15 is 0 Å². The first-order valence-electron chi connectivity index (χ1n) is 12.7. The van der Waals surface area contributed by atoms with Crippen LogP contribution in [0.3, 0.4) is 0 Å². The van der Waals surface area contributed by atoms with Gasteiger partial charge in [0, 0.05) is 36.6 Å². The molecule has 1 fully saturated rings. The molecular weight excluding hydrogens is 506 g/mol. The highest BCUT2D eigenvalue weighted by atomic mass is 35.5. The summed E-state index contributed by atoms with van der Waals surface area (Å²) >= 11 is 5.88. The number of anilines is 2. The van der Waals surface area contributed by atoms with Crippen LogP contribution in [-0.4, -0.2) is 62.8 Å². The zero-order valence-electron chi connectivity index (χ0n) is 21.5. The normalized spacial score (nSPS) is 16.5. The van der Waals surface area contributed by atoms with E-state index in [1.165, 1.54) is 22.1 Å². The van der Waals surface area contributed by atoms with Crippen molar-refractivity contribution >= 4 is 51.9 Å². The lowest BCUT2D eigenvalue weighted by Gasteiger charge is -2.39. The van der Waals surface area contributed by atoms with E-state index in [2.05, 4.69) is 62.8 Å². The Morgan fingerprint density at radius 2 is 1.87 bits per heavy atom. The summed E-state index contributed by atoms with van der Waals surface area (Å²) in [6.07, 6.45) is 5.71. The van der Waals surface area contributed by atoms with Crippen LogP contribution >= 0.6 is 11.6 Å². The number of benzene rings is 1. The molecular formula is C26H32ClN9O2. The number of aliphatic imine (C=N–C) groups is 1. The van der Waals surface area contributed by atoms with Gasteiger partial charge >= 0.3 is 0 Å². The Labute approximate surface area is 225 Å². The Bertz CT molecular complexity index is 1440. The lowest BCUT2D eigenvalue weighted by atomic mass is 9.88. The maximum Gasteiger partial charge on any atom is 0.280 e. The third kappa shape index (κ3) is 5.10. The topological polar surface area (TPSA) is 167 Å². The van der Waals surface area contributed by atoms with Gasteiger partial charge in [0.25, 0.3) is 5.91 Å². The number of aromatic nitrogens is 3. The molecule has 1 saturated heterocycles. The number of piperidine rings is 1. The van der Waals surface area contributed by atoms with E-state index in [0.29, 0.717) is 32.0 Å². The molecule has 2 aromatic heterocycles. The number of halogens is 1. The molecule has 11 nitrogen and oxygen atoms in total. The average molecular weight is 538 g/mol. The van der Waals surface area contributed by atoms with Gasteiger partial charge in [-0.3, -0.25) is 19.9 Å². The van der Waals surface area contributed by atoms with Gasteiger partial charge in [0.1, 0.15) is 0 Å². The number of carbonyl (C=O) groups excluding carboxylic acids is 2. The maximum absolute atomic E-state index is 12.9. The number of nitrogen functional groups attached to an aromatic ring is 2. The van der Waals surface area contributed by atoms with Crippen LogP contribution < -0.4 is 22.1 Å². The summed E-state index contributed by atoms with van der Waals surface area (Å²) in [5.41, 5.74) is 15.9. The molecule has 200 valence electrons. The van der Waals surface area contributed by atoms with Gasteiger partial charge in [-0.05, 0) is 68.4 Å². The molecule has 1 spiro atoms. The van der Waals surface area contributed by atoms with Crippen molar-refractivity contribution in [3.05, 3.63) is 45.9 Å². The summed E-state index contributed by atoms with van der Waals surface area (Å²) in [5, 5.41) is 7.16. The third-order valence-electron chi connectivity index (χ3n) is 7.57. The van der Waals surface area contributed by atoms with Crippen molar-refractivity contribution in [2.45, 2.75) is 51.5 Å². The van der Waals surface area contributed by atoms with E-state index in [1.807, 2.05) is 4.90 Å². The van der Waals surface area contributed by atoms with Gasteiger partial charge in [0.05, 0.1) is 12.1 Å². The number of hydrogen-bond acceptors (Lipinski definition) is 8. The third-order valence-corrected chi connectivity index (χ3v) is 7.85. The highest BCUT2D eigenvalue weighted by molar-refractivity contribution is 6.31. The van der Waals surface area contributed by atoms with E-state index in [0.717, 1.165) is 31.2 Å². The van der Waals surface area contributed by atoms with Gasteiger partial charge in [-0.25, -0.2) is 9.97 Å². The minimum absolute atomic E-state index is 0.0413. The maximum atomic E-state index is 12.9. The smallest absolute Gasteiger partial charge is 0.280 e. The van der Waals surface area contributed by atoms with Gasteiger partial charge in [-0.15, -0.1) is 0 Å². The molecule has 7 N–H and O–H groups in total. The molecule has 38 heavy (non-hydrogen) atoms. The van der Waals surface area contributed by atoms with Crippen molar-refractivity contribution in [3.63, 3.8) is 0 Å². The number of nitrogens with one attached hydrogen (secondary N) is 3. The minimum atomic E-state index is -0.576. The number of aromatic amines is 1. The van der Waals surface area contributed by atoms with E-state index < -0.39 is 5.91 Å². The van der Waals surface area contributed by atoms with Gasteiger partial charge in [-0.2, -0.15) is 0 Å². The van der Waals surface area contributed by atoms with Crippen LogP contribution in [-0.2, 0) is 11.2 Å². The number of nitrogens with two attached hydrogens (primary N) is 2. The van der Waals surface area contributed by atoms with Crippen molar-refractivity contribution in [2.24, 2.45) is 4.99 Å². The van der Waals surface area contributed by atoms with Gasteiger partial charge in [0.2, 0.25) is 5.91 Å². The van der Waals surface area contributed by atoms with Crippen molar-refractivity contribution in [1.29, 1.82) is 0 Å². The summed E-state index contributed by atoms with van der Waals surface area (Å²) < 4.78 is 0. The molecule has 12 heteroatoms. The Morgan fingerprint density at radius 1 is 1.13 bits per heavy atom. The summed E-state index contributed by atoms with van der Waals surface area (Å²) in [6.45, 7) is 6.03. The second-order valence-electron chi connectivity index (χ2n) is 10.2. The van der Waals surface area contributed by atoms with Crippen LogP contribution in [0, 0.1) is 13.8 Å². The van der Waals surface area contributed by atoms with Crippen LogP contribution in [0.1, 0.15) is 52.9 Å². The van der Waals surface area contributed by atoms with Gasteiger partial charge in [-0.1, -0.05) is 11.6 Å². The molecule has 0 saturated carbocycles. The summed E-state index contributed by atoms with van der Waals surface area (Å²) in [6, 6.07) is 4.40. The van der Waals surface area contributed by atoms with Gasteiger partial charge < -0.3 is 26.7 Å². The van der Waals surface area contributed by atoms with E-state index in [-0.39, 0.29) is 33.9 Å². The molecule has 0 unspecified atom stereocenters. The SMILES string of the molecule is Cc1cc2[nH]cc(CCCC(=O)N3CCC4(CC3)CN=C(NC(=O)c3nc(Cl)c(N)nc3N)N4)c2cc1C. The number of fused-ring (bicyclic) bond motifs is 1. The molecule has 0 aliphatic carbocycles. The number of aryl methyl sites for hydroxylation is 3. The predicted octanol–water partition coefficient (Wildman–Crippen LogP) is 2.47. The Balaban J connectivity index is 1.09. The highest BCUT2D eigenvalue weighted by Crippen LogP contribution is 2.27. The number of hydrogen-bond donors (Lipinski definition) is 5. The molecule has 2 amide bonds. The first-order chi connectivity index (χ1) is 18.1. The molecule has 3 aromatic rings. The quantitative estimate of drug-likeness (QED) is 0.333. The molecule has 4 heterocycles. The number of guanidine groups is 1. The summed E-state index contributed by atoms with van der Waals surface area (Å²) in [7, 11) is 0. The second kappa shape index (κ2) is 10.1. The monoisotopic (exact) mass is 537 g/mol. The fraction of sp³-hybridized carbons (Fsp3) is 0.423. The zero-order valence-corrected chi connectivity index (χ0v) is 22.3. The number of H-pyrrole nitrogens is 1. The first-order valence-corrected chi connectivity index (χ1v) is 13.1. The zero-order chi connectivity index (χ0) is 27.0. The molecule has 2 aliphatic heterocycles. The lowest BCUT2D eigenvalue weighted by molar-refractivity contribution is -0.132. The Kier molecular flexibility index (Phi) is 6.87. The average Bonchev–Trinajstić information content (AvgIpc) is 3.45. The number of rotatable bonds is 5. The molecule has 0 radical (unpaired) electrons. The standard InChI is InChI=1S/C26H32ClN9O2/c1-14-10-17-16(12-30-18(17)11-15(14)2)4-3-5-19(37)36-8-6-26(7-9-36)13-31-25(35-26)34-24(38)20-22(28)33-23(29)21(27)32-20/h10-12,30H,3-9,13H2,1-2H3,(H4,28,29,33)(H2,31,34,35,38). The fourth-order valence-corrected chi connectivity index (χ4v) is 5.24. The summed E-state index contributed by atoms with van der Waals surface area (Å²) in [4.78, 5) is 43.0.